The highest BCUT2D eigenvalue weighted by molar-refractivity contribution is 9.11. The van der Waals surface area contributed by atoms with E-state index in [-0.39, 0.29) is 5.41 Å². The number of hydrogen-bond acceptors (Lipinski definition) is 3. The first kappa shape index (κ1) is 16.1. The summed E-state index contributed by atoms with van der Waals surface area (Å²) in [5.74, 6) is 0. The predicted molar refractivity (Wildman–Crippen MR) is 69.5 cm³/mol. The first-order valence-electron chi connectivity index (χ1n) is 5.61. The van der Waals surface area contributed by atoms with Crippen molar-refractivity contribution >= 4 is 15.9 Å². The molecular weight excluding hydrogens is 272 g/mol. The number of rotatable bonds is 6. The first-order valence-corrected chi connectivity index (χ1v) is 6.40. The van der Waals surface area contributed by atoms with Gasteiger partial charge in [-0.05, 0) is 25.3 Å². The van der Waals surface area contributed by atoms with Gasteiger partial charge in [-0.25, -0.2) is 0 Å². The van der Waals surface area contributed by atoms with Gasteiger partial charge >= 0.3 is 0 Å². The highest BCUT2D eigenvalue weighted by Crippen LogP contribution is 2.28. The summed E-state index contributed by atoms with van der Waals surface area (Å²) in [6, 6.07) is 0. The maximum atomic E-state index is 10.0. The Kier molecular flexibility index (Phi) is 7.48. The van der Waals surface area contributed by atoms with Gasteiger partial charge in [0.15, 0.2) is 6.29 Å². The third-order valence-corrected chi connectivity index (χ3v) is 2.74. The summed E-state index contributed by atoms with van der Waals surface area (Å²) in [6.45, 7) is 10.9. The molecule has 96 valence electrons. The normalized spacial score (nSPS) is 15.6. The second kappa shape index (κ2) is 7.43. The molecule has 0 rings (SSSR count). The third kappa shape index (κ3) is 5.99. The lowest BCUT2D eigenvalue weighted by atomic mass is 9.89. The molecule has 0 spiro atoms. The molecule has 1 atom stereocenters. The summed E-state index contributed by atoms with van der Waals surface area (Å²) >= 11 is 3.37. The van der Waals surface area contributed by atoms with Crippen LogP contribution in [0.2, 0.25) is 0 Å². The van der Waals surface area contributed by atoms with Crippen molar-refractivity contribution in [1.29, 1.82) is 0 Å². The molecular formula is C12H23BrO3. The van der Waals surface area contributed by atoms with Crippen LogP contribution in [-0.4, -0.2) is 30.7 Å². The minimum absolute atomic E-state index is 0.210. The summed E-state index contributed by atoms with van der Waals surface area (Å²) < 4.78 is 11.5. The molecule has 0 saturated carbocycles. The van der Waals surface area contributed by atoms with Crippen LogP contribution in [0.5, 0.6) is 0 Å². The zero-order chi connectivity index (χ0) is 12.8. The van der Waals surface area contributed by atoms with Gasteiger partial charge in [-0.3, -0.25) is 0 Å². The van der Waals surface area contributed by atoms with Crippen molar-refractivity contribution in [3.8, 4) is 0 Å². The summed E-state index contributed by atoms with van der Waals surface area (Å²) in [5, 5.41) is 10.0. The van der Waals surface area contributed by atoms with E-state index in [1.54, 1.807) is 6.08 Å². The van der Waals surface area contributed by atoms with E-state index in [4.69, 9.17) is 9.47 Å². The molecule has 0 radical (unpaired) electrons. The lowest BCUT2D eigenvalue weighted by Gasteiger charge is -2.26. The van der Waals surface area contributed by atoms with Crippen LogP contribution < -0.4 is 0 Å². The second-order valence-corrected chi connectivity index (χ2v) is 5.51. The quantitative estimate of drug-likeness (QED) is 0.765. The number of ether oxygens (including phenoxy) is 2. The molecule has 0 aliphatic heterocycles. The smallest absolute Gasteiger partial charge is 0.177 e. The Morgan fingerprint density at radius 3 is 2.00 bits per heavy atom. The van der Waals surface area contributed by atoms with Crippen LogP contribution in [0.15, 0.2) is 10.6 Å². The Bertz CT molecular complexity index is 215. The van der Waals surface area contributed by atoms with E-state index in [1.165, 1.54) is 0 Å². The molecule has 0 aromatic rings. The average molecular weight is 295 g/mol. The van der Waals surface area contributed by atoms with Gasteiger partial charge in [0.25, 0.3) is 0 Å². The lowest BCUT2D eigenvalue weighted by Crippen LogP contribution is -2.27. The largest absolute Gasteiger partial charge is 0.387 e. The molecule has 0 aromatic heterocycles. The van der Waals surface area contributed by atoms with Gasteiger partial charge in [0.05, 0.1) is 6.10 Å². The number of aliphatic hydroxyl groups is 1. The van der Waals surface area contributed by atoms with Gasteiger partial charge in [-0.15, -0.1) is 0 Å². The maximum Gasteiger partial charge on any atom is 0.177 e. The van der Waals surface area contributed by atoms with E-state index in [0.717, 1.165) is 0 Å². The third-order valence-electron chi connectivity index (χ3n) is 2.04. The van der Waals surface area contributed by atoms with Crippen LogP contribution in [0.25, 0.3) is 0 Å². The van der Waals surface area contributed by atoms with Crippen molar-refractivity contribution in [1.82, 2.24) is 0 Å². The van der Waals surface area contributed by atoms with Crippen LogP contribution in [0.1, 0.15) is 34.6 Å². The van der Waals surface area contributed by atoms with E-state index in [0.29, 0.717) is 17.7 Å². The fourth-order valence-corrected chi connectivity index (χ4v) is 2.01. The van der Waals surface area contributed by atoms with E-state index in [9.17, 15) is 5.11 Å². The van der Waals surface area contributed by atoms with Crippen molar-refractivity contribution < 1.29 is 14.6 Å². The molecule has 0 bridgehead atoms. The maximum absolute atomic E-state index is 10.0. The monoisotopic (exact) mass is 294 g/mol. The standard InChI is InChI=1S/C12H23BrO3/c1-6-15-10(16-7-2)8-9(13)11(14)12(3,4)5/h8,10-11,14H,6-7H2,1-5H3/b9-8+. The van der Waals surface area contributed by atoms with E-state index >= 15 is 0 Å². The molecule has 0 aromatic carbocycles. The van der Waals surface area contributed by atoms with Crippen molar-refractivity contribution in [2.45, 2.75) is 47.0 Å². The van der Waals surface area contributed by atoms with Gasteiger partial charge in [0.1, 0.15) is 0 Å². The van der Waals surface area contributed by atoms with E-state index in [1.807, 2.05) is 34.6 Å². The Hall–Kier alpha value is 0.1000. The van der Waals surface area contributed by atoms with E-state index in [2.05, 4.69) is 15.9 Å². The molecule has 0 aliphatic rings. The summed E-state index contributed by atoms with van der Waals surface area (Å²) in [6.07, 6.45) is 0.806. The zero-order valence-corrected chi connectivity index (χ0v) is 12.4. The Labute approximate surface area is 107 Å². The van der Waals surface area contributed by atoms with Crippen LogP contribution in [-0.2, 0) is 9.47 Å². The Morgan fingerprint density at radius 2 is 1.69 bits per heavy atom. The second-order valence-electron chi connectivity index (χ2n) is 4.60. The minimum atomic E-state index is -0.559. The van der Waals surface area contributed by atoms with Crippen molar-refractivity contribution in [3.05, 3.63) is 10.6 Å². The lowest BCUT2D eigenvalue weighted by molar-refractivity contribution is -0.104. The fraction of sp³-hybridized carbons (Fsp3) is 0.833. The van der Waals surface area contributed by atoms with Gasteiger partial charge in [-0.1, -0.05) is 36.7 Å². The molecule has 0 amide bonds. The average Bonchev–Trinajstić information content (AvgIpc) is 2.15. The summed E-state index contributed by atoms with van der Waals surface area (Å²) in [5.41, 5.74) is -0.210. The van der Waals surface area contributed by atoms with Crippen molar-refractivity contribution in [2.24, 2.45) is 5.41 Å². The fourth-order valence-electron chi connectivity index (χ4n) is 1.11. The molecule has 0 saturated heterocycles. The van der Waals surface area contributed by atoms with Crippen LogP contribution in [0, 0.1) is 5.41 Å². The molecule has 0 aliphatic carbocycles. The van der Waals surface area contributed by atoms with E-state index < -0.39 is 12.4 Å². The molecule has 4 heteroatoms. The van der Waals surface area contributed by atoms with Crippen molar-refractivity contribution in [3.63, 3.8) is 0 Å². The highest BCUT2D eigenvalue weighted by atomic mass is 79.9. The molecule has 3 nitrogen and oxygen atoms in total. The van der Waals surface area contributed by atoms with Gasteiger partial charge in [0, 0.05) is 17.7 Å². The summed E-state index contributed by atoms with van der Waals surface area (Å²) in [7, 11) is 0. The molecule has 0 fully saturated rings. The molecule has 0 heterocycles. The zero-order valence-electron chi connectivity index (χ0n) is 10.8. The van der Waals surface area contributed by atoms with Crippen LogP contribution >= 0.6 is 15.9 Å². The topological polar surface area (TPSA) is 38.7 Å². The SMILES string of the molecule is CCOC(/C=C(/Br)C(O)C(C)(C)C)OCC. The number of aliphatic hydroxyl groups excluding tert-OH is 1. The molecule has 1 N–H and O–H groups in total. The van der Waals surface area contributed by atoms with Crippen LogP contribution in [0.3, 0.4) is 0 Å². The van der Waals surface area contributed by atoms with Gasteiger partial charge < -0.3 is 14.6 Å². The molecule has 16 heavy (non-hydrogen) atoms. The van der Waals surface area contributed by atoms with Gasteiger partial charge in [-0.2, -0.15) is 0 Å². The van der Waals surface area contributed by atoms with Gasteiger partial charge in [0.2, 0.25) is 0 Å². The Balaban J connectivity index is 4.57. The number of hydrogen-bond donors (Lipinski definition) is 1. The Morgan fingerprint density at radius 1 is 1.25 bits per heavy atom. The molecule has 1 unspecified atom stereocenters. The first-order chi connectivity index (χ1) is 7.32. The predicted octanol–water partition coefficient (Wildman–Crippen LogP) is 3.07. The van der Waals surface area contributed by atoms with Crippen LogP contribution in [0.4, 0.5) is 0 Å². The minimum Gasteiger partial charge on any atom is -0.387 e. The highest BCUT2D eigenvalue weighted by Gasteiger charge is 2.25. The number of halogens is 1. The summed E-state index contributed by atoms with van der Waals surface area (Å²) in [4.78, 5) is 0. The van der Waals surface area contributed by atoms with Crippen molar-refractivity contribution in [2.75, 3.05) is 13.2 Å².